The summed E-state index contributed by atoms with van der Waals surface area (Å²) in [5.74, 6) is -16.7. The normalized spacial score (nSPS) is 14.5. The van der Waals surface area contributed by atoms with E-state index >= 15 is 19.2 Å². The van der Waals surface area contributed by atoms with Crippen molar-refractivity contribution in [2.45, 2.75) is 131 Å². The first-order valence-corrected chi connectivity index (χ1v) is 25.3. The Balaban J connectivity index is 3.15. The van der Waals surface area contributed by atoms with Gasteiger partial charge in [0.15, 0.2) is 0 Å². The average Bonchev–Trinajstić information content (AvgIpc) is 3.34. The molecular formula is C51H72N4O28. The van der Waals surface area contributed by atoms with Crippen LogP contribution >= 0.6 is 0 Å². The number of rotatable bonds is 32. The van der Waals surface area contributed by atoms with Gasteiger partial charge in [-0.25, -0.2) is 0 Å². The summed E-state index contributed by atoms with van der Waals surface area (Å²) in [6.07, 6.45) is -2.86. The summed E-state index contributed by atoms with van der Waals surface area (Å²) in [5, 5.41) is 10.1. The van der Waals surface area contributed by atoms with Gasteiger partial charge in [0.25, 0.3) is 0 Å². The van der Waals surface area contributed by atoms with Gasteiger partial charge in [-0.1, -0.05) is 0 Å². The third kappa shape index (κ3) is 21.7. The molecule has 0 unspecified atom stereocenters. The van der Waals surface area contributed by atoms with Gasteiger partial charge in [-0.05, 0) is 31.1 Å². The van der Waals surface area contributed by atoms with Gasteiger partial charge in [0.2, 0.25) is 23.6 Å². The molecule has 464 valence electrons. The maximum Gasteiger partial charge on any atom is 0.302 e. The first kappa shape index (κ1) is 70.6. The molecule has 2 aliphatic rings. The van der Waals surface area contributed by atoms with Gasteiger partial charge in [0.05, 0.1) is 0 Å². The van der Waals surface area contributed by atoms with Gasteiger partial charge in [0.1, 0.15) is 112 Å². The van der Waals surface area contributed by atoms with Crippen molar-refractivity contribution in [2.75, 3.05) is 79.3 Å². The van der Waals surface area contributed by atoms with Crippen LogP contribution in [0, 0.1) is 16.2 Å². The Hall–Kier alpha value is -8.48. The molecule has 32 nitrogen and oxygen atoms in total. The van der Waals surface area contributed by atoms with Crippen molar-refractivity contribution in [1.82, 2.24) is 21.3 Å². The molecule has 2 saturated carbocycles. The van der Waals surface area contributed by atoms with Crippen LogP contribution in [-0.2, 0) is 134 Å². The van der Waals surface area contributed by atoms with Gasteiger partial charge < -0.3 is 78.1 Å². The molecule has 0 bridgehead atoms. The van der Waals surface area contributed by atoms with Crippen LogP contribution in [0.2, 0.25) is 0 Å². The van der Waals surface area contributed by atoms with Gasteiger partial charge >= 0.3 is 71.6 Å². The Labute approximate surface area is 475 Å². The highest BCUT2D eigenvalue weighted by atomic mass is 16.6. The third-order valence-corrected chi connectivity index (χ3v) is 12.6. The van der Waals surface area contributed by atoms with E-state index in [0.29, 0.717) is 0 Å². The molecule has 2 aliphatic carbocycles. The highest BCUT2D eigenvalue weighted by Gasteiger charge is 2.75. The number of carbonyl (C=O) groups is 16. The van der Waals surface area contributed by atoms with Crippen LogP contribution in [0.25, 0.3) is 0 Å². The fraction of sp³-hybridized carbons (Fsp3) is 0.686. The molecule has 0 aromatic carbocycles. The molecule has 1 spiro atoms. The molecule has 83 heavy (non-hydrogen) atoms. The predicted molar refractivity (Wildman–Crippen MR) is 269 cm³/mol. The standard InChI is InChI=1S/C51H72N4O28/c1-29(56)72-17-46(18-73-30(2)57,19-74-31(3)58)52-41(68)50(42(69)53-47(20-75-32(4)59,21-76-33(5)60)22-77-34(6)61)13-45(14-50)15-51(16-45,43(70)54-48(23-78-35(7)62,24-79-36(8)63)25-80-37(9)64)44(71)55-49(26-81-38(10)65,27-82-39(11)66)28-83-40(12)67/h13-28H2,1-12H3,(H,52,68)(H,53,69)(H,54,70)(H,55,71). The van der Waals surface area contributed by atoms with E-state index in [1.54, 1.807) is 0 Å². The fourth-order valence-electron chi connectivity index (χ4n) is 8.81. The van der Waals surface area contributed by atoms with Gasteiger partial charge in [0, 0.05) is 83.1 Å². The maximum absolute atomic E-state index is 15.4. The molecule has 0 saturated heterocycles. The maximum atomic E-state index is 15.4. The molecule has 4 amide bonds. The second kappa shape index (κ2) is 30.0. The van der Waals surface area contributed by atoms with E-state index in [-0.39, 0.29) is 0 Å². The third-order valence-electron chi connectivity index (χ3n) is 12.6. The van der Waals surface area contributed by atoms with Gasteiger partial charge in [-0.15, -0.1) is 0 Å². The summed E-state index contributed by atoms with van der Waals surface area (Å²) < 4.78 is 62.6. The minimum absolute atomic E-state index is 0.714. The summed E-state index contributed by atoms with van der Waals surface area (Å²) >= 11 is 0. The van der Waals surface area contributed by atoms with Crippen molar-refractivity contribution >= 4 is 95.3 Å². The number of hydrogen-bond donors (Lipinski definition) is 4. The van der Waals surface area contributed by atoms with Crippen molar-refractivity contribution in [2.24, 2.45) is 16.2 Å². The lowest BCUT2D eigenvalue weighted by Gasteiger charge is -2.65. The van der Waals surface area contributed by atoms with Crippen LogP contribution in [0.5, 0.6) is 0 Å². The number of carbonyl (C=O) groups excluding carboxylic acids is 16. The zero-order valence-electron chi connectivity index (χ0n) is 48.2. The van der Waals surface area contributed by atoms with E-state index in [2.05, 4.69) is 21.3 Å². The molecule has 0 aliphatic heterocycles. The lowest BCUT2D eigenvalue weighted by molar-refractivity contribution is -0.201. The van der Waals surface area contributed by atoms with Crippen LogP contribution in [0.15, 0.2) is 0 Å². The second-order valence-corrected chi connectivity index (χ2v) is 20.7. The van der Waals surface area contributed by atoms with Crippen molar-refractivity contribution < 1.29 is 134 Å². The Morgan fingerprint density at radius 2 is 0.349 bits per heavy atom. The monoisotopic (exact) mass is 1190 g/mol. The zero-order valence-corrected chi connectivity index (χ0v) is 48.2. The minimum atomic E-state index is -2.52. The fourth-order valence-corrected chi connectivity index (χ4v) is 8.81. The summed E-state index contributed by atoms with van der Waals surface area (Å²) in [5.41, 5.74) is -15.4. The predicted octanol–water partition coefficient (Wildman–Crippen LogP) is -2.29. The van der Waals surface area contributed by atoms with Gasteiger partial charge in [-0.2, -0.15) is 0 Å². The van der Waals surface area contributed by atoms with Crippen molar-refractivity contribution in [3.05, 3.63) is 0 Å². The Kier molecular flexibility index (Phi) is 25.5. The average molecular weight is 1190 g/mol. The lowest BCUT2D eigenvalue weighted by Crippen LogP contribution is -2.76. The van der Waals surface area contributed by atoms with E-state index in [0.717, 1.165) is 83.1 Å². The van der Waals surface area contributed by atoms with Crippen molar-refractivity contribution in [1.29, 1.82) is 0 Å². The first-order chi connectivity index (χ1) is 38.3. The molecule has 0 radical (unpaired) electrons. The van der Waals surface area contributed by atoms with E-state index in [9.17, 15) is 57.5 Å². The van der Waals surface area contributed by atoms with Crippen LogP contribution in [0.1, 0.15) is 109 Å². The Morgan fingerprint density at radius 3 is 0.446 bits per heavy atom. The van der Waals surface area contributed by atoms with Crippen LogP contribution in [0.3, 0.4) is 0 Å². The number of esters is 12. The smallest absolute Gasteiger partial charge is 0.302 e. The molecule has 2 rings (SSSR count). The zero-order chi connectivity index (χ0) is 63.4. The largest absolute Gasteiger partial charge is 0.463 e. The van der Waals surface area contributed by atoms with Gasteiger partial charge in [-0.3, -0.25) is 76.7 Å². The van der Waals surface area contributed by atoms with E-state index in [1.165, 1.54) is 0 Å². The van der Waals surface area contributed by atoms with Crippen LogP contribution in [-0.4, -0.2) is 197 Å². The van der Waals surface area contributed by atoms with Crippen molar-refractivity contribution in [3.63, 3.8) is 0 Å². The number of ether oxygens (including phenoxy) is 12. The molecule has 2 fully saturated rings. The Morgan fingerprint density at radius 1 is 0.241 bits per heavy atom. The van der Waals surface area contributed by atoms with Crippen molar-refractivity contribution in [3.8, 4) is 0 Å². The van der Waals surface area contributed by atoms with E-state index in [1.807, 2.05) is 0 Å². The number of amides is 4. The molecule has 4 N–H and O–H groups in total. The van der Waals surface area contributed by atoms with Crippen LogP contribution < -0.4 is 21.3 Å². The molecule has 0 heterocycles. The molecule has 32 heteroatoms. The van der Waals surface area contributed by atoms with E-state index < -0.39 is 239 Å². The molecular weight excluding hydrogens is 1120 g/mol. The van der Waals surface area contributed by atoms with E-state index in [4.69, 9.17) is 56.8 Å². The summed E-state index contributed by atoms with van der Waals surface area (Å²) in [6, 6.07) is 0. The quantitative estimate of drug-likeness (QED) is 0.0313. The molecule has 0 aromatic heterocycles. The summed E-state index contributed by atoms with van der Waals surface area (Å²) in [7, 11) is 0. The van der Waals surface area contributed by atoms with Crippen LogP contribution in [0.4, 0.5) is 0 Å². The SMILES string of the molecule is CC(=O)OCC(COC(C)=O)(COC(C)=O)NC(=O)C1(C(=O)NC(COC(C)=O)(COC(C)=O)COC(C)=O)CC2(C1)CC(C(=O)NC(COC(C)=O)(COC(C)=O)COC(C)=O)(C(=O)NC(COC(C)=O)(COC(C)=O)COC(C)=O)C2. The number of hydrogen-bond acceptors (Lipinski definition) is 28. The summed E-state index contributed by atoms with van der Waals surface area (Å²) in [6.45, 7) is 1.01. The second-order valence-electron chi connectivity index (χ2n) is 20.7. The number of nitrogens with one attached hydrogen (secondary N) is 4. The topological polar surface area (TPSA) is 432 Å². The highest BCUT2D eigenvalue weighted by Crippen LogP contribution is 2.71. The lowest BCUT2D eigenvalue weighted by atomic mass is 9.37. The highest BCUT2D eigenvalue weighted by molar-refractivity contribution is 6.10. The molecule has 0 aromatic rings. The summed E-state index contributed by atoms with van der Waals surface area (Å²) in [4.78, 5) is 209. The molecule has 0 atom stereocenters. The minimum Gasteiger partial charge on any atom is -0.463 e. The Bertz CT molecular complexity index is 2010. The first-order valence-electron chi connectivity index (χ1n) is 25.3.